The summed E-state index contributed by atoms with van der Waals surface area (Å²) in [5.74, 6) is -0.518. The number of hydrogen-bond acceptors (Lipinski definition) is 6. The largest absolute Gasteiger partial charge is 0.506 e. The van der Waals surface area contributed by atoms with Gasteiger partial charge in [-0.2, -0.15) is 5.10 Å². The van der Waals surface area contributed by atoms with Crippen LogP contribution in [0.3, 0.4) is 0 Å². The first kappa shape index (κ1) is 20.4. The van der Waals surface area contributed by atoms with Gasteiger partial charge in [0.05, 0.1) is 14.7 Å². The summed E-state index contributed by atoms with van der Waals surface area (Å²) in [5, 5.41) is 24.7. The van der Waals surface area contributed by atoms with E-state index in [4.69, 9.17) is 4.74 Å². The van der Waals surface area contributed by atoms with Crippen LogP contribution in [0.1, 0.15) is 11.1 Å². The zero-order valence-corrected chi connectivity index (χ0v) is 17.7. The summed E-state index contributed by atoms with van der Waals surface area (Å²) in [4.78, 5) is 22.2. The van der Waals surface area contributed by atoms with Gasteiger partial charge in [0, 0.05) is 15.2 Å². The number of hydrogen-bond donors (Lipinski definition) is 2. The molecule has 0 fully saturated rings. The van der Waals surface area contributed by atoms with Gasteiger partial charge in [-0.05, 0) is 75.9 Å². The summed E-state index contributed by atoms with van der Waals surface area (Å²) in [5.41, 5.74) is 3.21. The number of nitrogens with zero attached hydrogens (tertiary/aromatic N) is 2. The third kappa shape index (κ3) is 5.52. The number of benzene rings is 2. The van der Waals surface area contributed by atoms with E-state index >= 15 is 0 Å². The Labute approximate surface area is 176 Å². The molecule has 0 heterocycles. The molecule has 26 heavy (non-hydrogen) atoms. The van der Waals surface area contributed by atoms with Gasteiger partial charge in [0.2, 0.25) is 0 Å². The zero-order valence-electron chi connectivity index (χ0n) is 13.4. The van der Waals surface area contributed by atoms with E-state index in [-0.39, 0.29) is 17.2 Å². The molecule has 0 radical (unpaired) electrons. The first-order chi connectivity index (χ1) is 12.3. The topological polar surface area (TPSA) is 114 Å². The van der Waals surface area contributed by atoms with Crippen LogP contribution < -0.4 is 10.2 Å². The summed E-state index contributed by atoms with van der Waals surface area (Å²) in [6.45, 7) is 1.29. The number of amides is 1. The minimum Gasteiger partial charge on any atom is -0.506 e. The van der Waals surface area contributed by atoms with Gasteiger partial charge in [-0.1, -0.05) is 6.07 Å². The Morgan fingerprint density at radius 1 is 1.38 bits per heavy atom. The van der Waals surface area contributed by atoms with Crippen LogP contribution in [-0.4, -0.2) is 28.8 Å². The molecule has 8 nitrogen and oxygen atoms in total. The quantitative estimate of drug-likeness (QED) is 0.235. The van der Waals surface area contributed by atoms with Crippen LogP contribution in [0.25, 0.3) is 0 Å². The van der Waals surface area contributed by atoms with Crippen molar-refractivity contribution in [2.75, 3.05) is 6.61 Å². The second kappa shape index (κ2) is 9.12. The molecule has 0 atom stereocenters. The highest BCUT2D eigenvalue weighted by Gasteiger charge is 2.16. The second-order valence-corrected chi connectivity index (χ2v) is 7.54. The fourth-order valence-electron chi connectivity index (χ4n) is 1.93. The lowest BCUT2D eigenvalue weighted by Crippen LogP contribution is -2.24. The number of carbonyl (C=O) groups is 1. The van der Waals surface area contributed by atoms with E-state index in [2.05, 4.69) is 33.1 Å². The number of halogens is 2. The van der Waals surface area contributed by atoms with E-state index in [1.165, 1.54) is 18.3 Å². The van der Waals surface area contributed by atoms with Gasteiger partial charge in [-0.25, -0.2) is 5.43 Å². The van der Waals surface area contributed by atoms with Crippen molar-refractivity contribution in [1.82, 2.24) is 5.43 Å². The predicted octanol–water partition coefficient (Wildman–Crippen LogP) is 3.35. The Morgan fingerprint density at radius 2 is 2.12 bits per heavy atom. The molecule has 0 saturated heterocycles. The molecule has 2 aromatic carbocycles. The van der Waals surface area contributed by atoms with Crippen LogP contribution in [0, 0.1) is 24.2 Å². The lowest BCUT2D eigenvalue weighted by atomic mass is 10.2. The molecule has 0 saturated carbocycles. The highest BCUT2D eigenvalue weighted by molar-refractivity contribution is 14.1. The first-order valence-electron chi connectivity index (χ1n) is 7.15. The molecular weight excluding hydrogens is 568 g/mol. The monoisotopic (exact) mass is 581 g/mol. The number of nitro benzene ring substituents is 1. The van der Waals surface area contributed by atoms with Gasteiger partial charge >= 0.3 is 5.69 Å². The average molecular weight is 581 g/mol. The molecule has 2 aromatic rings. The molecule has 0 aliphatic rings. The molecule has 0 unspecified atom stereocenters. The van der Waals surface area contributed by atoms with E-state index < -0.39 is 17.4 Å². The Hall–Kier alpha value is -1.96. The van der Waals surface area contributed by atoms with E-state index in [0.717, 1.165) is 3.57 Å². The summed E-state index contributed by atoms with van der Waals surface area (Å²) in [6.07, 6.45) is 1.31. The van der Waals surface area contributed by atoms with Crippen molar-refractivity contribution in [2.45, 2.75) is 6.92 Å². The standard InChI is InChI=1S/C16H13I2N3O5/c1-9-2-3-14(13(4-9)21(24)25)26-8-15(22)20-19-7-10-5-11(17)6-12(18)16(10)23/h2-7,23H,8H2,1H3,(H,20,22)/b19-7-. The molecule has 2 rings (SSSR count). The van der Waals surface area contributed by atoms with Crippen molar-refractivity contribution < 1.29 is 19.6 Å². The van der Waals surface area contributed by atoms with Crippen molar-refractivity contribution in [3.63, 3.8) is 0 Å². The van der Waals surface area contributed by atoms with Crippen LogP contribution in [0.2, 0.25) is 0 Å². The number of aromatic hydroxyl groups is 1. The van der Waals surface area contributed by atoms with Gasteiger partial charge < -0.3 is 9.84 Å². The van der Waals surface area contributed by atoms with Crippen LogP contribution in [0.5, 0.6) is 11.5 Å². The number of hydrazone groups is 1. The molecule has 0 aliphatic carbocycles. The van der Waals surface area contributed by atoms with Gasteiger partial charge in [0.1, 0.15) is 5.75 Å². The number of carbonyl (C=O) groups excluding carboxylic acids is 1. The summed E-state index contributed by atoms with van der Waals surface area (Å²) in [7, 11) is 0. The third-order valence-electron chi connectivity index (χ3n) is 3.12. The maximum Gasteiger partial charge on any atom is 0.311 e. The molecule has 0 aliphatic heterocycles. The summed E-state index contributed by atoms with van der Waals surface area (Å²) in [6, 6.07) is 7.97. The minimum atomic E-state index is -0.587. The number of rotatable bonds is 6. The maximum absolute atomic E-state index is 11.8. The molecule has 136 valence electrons. The van der Waals surface area contributed by atoms with Crippen LogP contribution >= 0.6 is 45.2 Å². The van der Waals surface area contributed by atoms with Gasteiger partial charge in [-0.3, -0.25) is 14.9 Å². The van der Waals surface area contributed by atoms with Crippen molar-refractivity contribution in [3.05, 3.63) is 58.7 Å². The Morgan fingerprint density at radius 3 is 2.81 bits per heavy atom. The Kier molecular flexibility index (Phi) is 7.14. The normalized spacial score (nSPS) is 10.7. The fourth-order valence-corrected chi connectivity index (χ4v) is 3.82. The smallest absolute Gasteiger partial charge is 0.311 e. The molecule has 0 spiro atoms. The SMILES string of the molecule is Cc1ccc(OCC(=O)N/N=C\c2cc(I)cc(I)c2O)c([N+](=O)[O-])c1. The molecular formula is C16H13I2N3O5. The molecule has 0 bridgehead atoms. The van der Waals surface area contributed by atoms with E-state index in [1.807, 2.05) is 22.6 Å². The van der Waals surface area contributed by atoms with Gasteiger partial charge in [0.15, 0.2) is 12.4 Å². The van der Waals surface area contributed by atoms with E-state index in [9.17, 15) is 20.0 Å². The Balaban J connectivity index is 1.97. The van der Waals surface area contributed by atoms with Crippen molar-refractivity contribution in [3.8, 4) is 11.5 Å². The van der Waals surface area contributed by atoms with Crippen LogP contribution in [0.15, 0.2) is 35.4 Å². The minimum absolute atomic E-state index is 0.00420. The number of nitro groups is 1. The average Bonchev–Trinajstić information content (AvgIpc) is 2.57. The summed E-state index contributed by atoms with van der Waals surface area (Å²) < 4.78 is 6.77. The van der Waals surface area contributed by atoms with Gasteiger partial charge in [0.25, 0.3) is 5.91 Å². The third-order valence-corrected chi connectivity index (χ3v) is 4.57. The van der Waals surface area contributed by atoms with Crippen LogP contribution in [0.4, 0.5) is 5.69 Å². The molecule has 2 N–H and O–H groups in total. The lowest BCUT2D eigenvalue weighted by molar-refractivity contribution is -0.385. The lowest BCUT2D eigenvalue weighted by Gasteiger charge is -2.06. The highest BCUT2D eigenvalue weighted by Crippen LogP contribution is 2.27. The zero-order chi connectivity index (χ0) is 19.3. The number of nitrogens with one attached hydrogen (secondary N) is 1. The Bertz CT molecular complexity index is 886. The number of aryl methyl sites for hydroxylation is 1. The number of ether oxygens (including phenoxy) is 1. The van der Waals surface area contributed by atoms with Crippen molar-refractivity contribution in [2.24, 2.45) is 5.10 Å². The summed E-state index contributed by atoms with van der Waals surface area (Å²) >= 11 is 4.10. The second-order valence-electron chi connectivity index (χ2n) is 5.14. The maximum atomic E-state index is 11.8. The molecule has 0 aromatic heterocycles. The number of phenolic OH excluding ortho intramolecular Hbond substituents is 1. The first-order valence-corrected chi connectivity index (χ1v) is 9.31. The van der Waals surface area contributed by atoms with Crippen LogP contribution in [-0.2, 0) is 4.79 Å². The van der Waals surface area contributed by atoms with E-state index in [0.29, 0.717) is 14.7 Å². The van der Waals surface area contributed by atoms with Gasteiger partial charge in [-0.15, -0.1) is 0 Å². The van der Waals surface area contributed by atoms with E-state index in [1.54, 1.807) is 25.1 Å². The predicted molar refractivity (Wildman–Crippen MR) is 113 cm³/mol. The van der Waals surface area contributed by atoms with Crippen molar-refractivity contribution in [1.29, 1.82) is 0 Å². The van der Waals surface area contributed by atoms with Crippen molar-refractivity contribution >= 4 is 63.0 Å². The molecule has 10 heteroatoms. The number of phenols is 1. The fraction of sp³-hybridized carbons (Fsp3) is 0.125. The highest BCUT2D eigenvalue weighted by atomic mass is 127. The molecule has 1 amide bonds.